The number of benzene rings is 2. The van der Waals surface area contributed by atoms with Crippen LogP contribution in [0.2, 0.25) is 0 Å². The van der Waals surface area contributed by atoms with E-state index < -0.39 is 11.9 Å². The third-order valence-electron chi connectivity index (χ3n) is 5.27. The van der Waals surface area contributed by atoms with Gasteiger partial charge in [-0.25, -0.2) is 4.98 Å². The molecule has 0 radical (unpaired) electrons. The van der Waals surface area contributed by atoms with Crippen LogP contribution in [-0.4, -0.2) is 24.6 Å². The second-order valence-electron chi connectivity index (χ2n) is 7.10. The number of carbonyl (C=O) groups excluding carboxylic acids is 1. The zero-order valence-corrected chi connectivity index (χ0v) is 17.9. The quantitative estimate of drug-likeness (QED) is 0.404. The molecule has 2 aromatic carbocycles. The summed E-state index contributed by atoms with van der Waals surface area (Å²) in [5, 5.41) is 2.65. The Hall–Kier alpha value is -3.91. The number of ether oxygens (including phenoxy) is 2. The number of amides is 1. The number of methoxy groups -OCH3 is 1. The Morgan fingerprint density at radius 3 is 2.66 bits per heavy atom. The predicted molar refractivity (Wildman–Crippen MR) is 122 cm³/mol. The fourth-order valence-corrected chi connectivity index (χ4v) is 4.49. The fourth-order valence-electron chi connectivity index (χ4n) is 3.83. The first-order chi connectivity index (χ1) is 15.6. The molecule has 1 unspecified atom stereocenters. The summed E-state index contributed by atoms with van der Waals surface area (Å²) in [6.45, 7) is 4.03. The van der Waals surface area contributed by atoms with Crippen molar-refractivity contribution in [3.8, 4) is 11.5 Å². The molecule has 5 rings (SSSR count). The molecule has 0 spiro atoms. The molecule has 7 nitrogen and oxygen atoms in total. The van der Waals surface area contributed by atoms with Gasteiger partial charge in [-0.05, 0) is 29.8 Å². The number of hydrogen-bond donors (Lipinski definition) is 0. The van der Waals surface area contributed by atoms with Gasteiger partial charge >= 0.3 is 0 Å². The molecular formula is C24H18N2O5S. The van der Waals surface area contributed by atoms with Gasteiger partial charge in [0.25, 0.3) is 5.91 Å². The van der Waals surface area contributed by atoms with E-state index in [0.717, 1.165) is 5.56 Å². The summed E-state index contributed by atoms with van der Waals surface area (Å²) >= 11 is 1.32. The highest BCUT2D eigenvalue weighted by atomic mass is 32.1. The van der Waals surface area contributed by atoms with Gasteiger partial charge < -0.3 is 13.9 Å². The molecule has 0 saturated carbocycles. The van der Waals surface area contributed by atoms with E-state index in [2.05, 4.69) is 11.6 Å². The van der Waals surface area contributed by atoms with Crippen LogP contribution in [0.5, 0.6) is 11.5 Å². The molecule has 4 aromatic rings. The van der Waals surface area contributed by atoms with Gasteiger partial charge in [-0.2, -0.15) is 0 Å². The Labute approximate surface area is 187 Å². The van der Waals surface area contributed by atoms with Crippen LogP contribution < -0.4 is 19.8 Å². The van der Waals surface area contributed by atoms with Crippen molar-refractivity contribution >= 4 is 33.3 Å². The van der Waals surface area contributed by atoms with E-state index in [9.17, 15) is 9.59 Å². The van der Waals surface area contributed by atoms with Gasteiger partial charge in [-0.3, -0.25) is 14.5 Å². The van der Waals surface area contributed by atoms with Crippen molar-refractivity contribution in [2.75, 3.05) is 18.6 Å². The van der Waals surface area contributed by atoms with Gasteiger partial charge in [-0.1, -0.05) is 24.8 Å². The van der Waals surface area contributed by atoms with Crippen LogP contribution in [-0.2, 0) is 0 Å². The van der Waals surface area contributed by atoms with E-state index in [1.807, 2.05) is 12.1 Å². The van der Waals surface area contributed by atoms with E-state index in [0.29, 0.717) is 39.8 Å². The topological polar surface area (TPSA) is 81.9 Å². The molecule has 2 aromatic heterocycles. The molecule has 0 saturated heterocycles. The lowest BCUT2D eigenvalue weighted by Crippen LogP contribution is -2.29. The lowest BCUT2D eigenvalue weighted by molar-refractivity contribution is 0.0971. The second-order valence-corrected chi connectivity index (χ2v) is 7.97. The number of anilines is 1. The molecule has 1 atom stereocenters. The molecular weight excluding hydrogens is 428 g/mol. The van der Waals surface area contributed by atoms with Gasteiger partial charge in [0, 0.05) is 17.6 Å². The second kappa shape index (κ2) is 7.97. The van der Waals surface area contributed by atoms with Gasteiger partial charge in [0.15, 0.2) is 10.6 Å². The maximum absolute atomic E-state index is 13.5. The summed E-state index contributed by atoms with van der Waals surface area (Å²) in [7, 11) is 1.53. The van der Waals surface area contributed by atoms with Crippen LogP contribution in [0.4, 0.5) is 5.13 Å². The van der Waals surface area contributed by atoms with E-state index in [1.54, 1.807) is 48.0 Å². The minimum atomic E-state index is -0.667. The normalized spacial score (nSPS) is 15.1. The average Bonchev–Trinajstić information content (AvgIpc) is 3.44. The highest BCUT2D eigenvalue weighted by molar-refractivity contribution is 7.13. The predicted octanol–water partition coefficient (Wildman–Crippen LogP) is 4.57. The largest absolute Gasteiger partial charge is 0.497 e. The van der Waals surface area contributed by atoms with Crippen molar-refractivity contribution in [3.05, 3.63) is 93.8 Å². The fraction of sp³-hybridized carbons (Fsp3) is 0.125. The number of aromatic nitrogens is 1. The first-order valence-corrected chi connectivity index (χ1v) is 10.7. The van der Waals surface area contributed by atoms with Crippen LogP contribution in [0.1, 0.15) is 27.7 Å². The monoisotopic (exact) mass is 446 g/mol. The highest BCUT2D eigenvalue weighted by Gasteiger charge is 2.44. The number of carbonyl (C=O) groups is 1. The van der Waals surface area contributed by atoms with Crippen molar-refractivity contribution < 1.29 is 18.7 Å². The van der Waals surface area contributed by atoms with E-state index in [1.165, 1.54) is 23.3 Å². The van der Waals surface area contributed by atoms with Crippen LogP contribution in [0.15, 0.2) is 75.9 Å². The van der Waals surface area contributed by atoms with Crippen LogP contribution in [0.3, 0.4) is 0 Å². The Kier molecular flexibility index (Phi) is 4.99. The van der Waals surface area contributed by atoms with Crippen LogP contribution in [0, 0.1) is 0 Å². The van der Waals surface area contributed by atoms with E-state index in [4.69, 9.17) is 13.9 Å². The van der Waals surface area contributed by atoms with Gasteiger partial charge in [0.1, 0.15) is 23.7 Å². The SMILES string of the molecule is C=CCOc1ccc(C2c3c(oc4cc(OC)ccc4c3=O)C(=O)N2c2nccs2)cc1. The molecule has 0 N–H and O–H groups in total. The first kappa shape index (κ1) is 20.0. The molecule has 8 heteroatoms. The van der Waals surface area contributed by atoms with E-state index >= 15 is 0 Å². The van der Waals surface area contributed by atoms with Gasteiger partial charge in [-0.15, -0.1) is 11.3 Å². The van der Waals surface area contributed by atoms with Crippen molar-refractivity contribution in [1.82, 2.24) is 4.98 Å². The lowest BCUT2D eigenvalue weighted by atomic mass is 9.98. The molecule has 0 aliphatic carbocycles. The van der Waals surface area contributed by atoms with Crippen molar-refractivity contribution in [2.24, 2.45) is 0 Å². The van der Waals surface area contributed by atoms with Crippen molar-refractivity contribution in [1.29, 1.82) is 0 Å². The summed E-state index contributed by atoms with van der Waals surface area (Å²) in [5.41, 5.74) is 1.09. The molecule has 0 bridgehead atoms. The smallest absolute Gasteiger partial charge is 0.297 e. The summed E-state index contributed by atoms with van der Waals surface area (Å²) in [5.74, 6) is 0.808. The molecule has 3 heterocycles. The zero-order valence-electron chi connectivity index (χ0n) is 17.1. The van der Waals surface area contributed by atoms with Crippen LogP contribution in [0.25, 0.3) is 11.0 Å². The number of hydrogen-bond acceptors (Lipinski definition) is 7. The standard InChI is InChI=1S/C24H18N2O5S/c1-3-11-30-15-6-4-14(5-7-15)20-19-21(27)17-9-8-16(29-2)13-18(17)31-22(19)23(28)26(20)24-25-10-12-32-24/h3-10,12-13,20H,1,11H2,2H3. The summed E-state index contributed by atoms with van der Waals surface area (Å²) in [4.78, 5) is 32.8. The Bertz CT molecular complexity index is 1380. The summed E-state index contributed by atoms with van der Waals surface area (Å²) < 4.78 is 16.8. The van der Waals surface area contributed by atoms with Crippen molar-refractivity contribution in [2.45, 2.75) is 6.04 Å². The minimum Gasteiger partial charge on any atom is -0.497 e. The molecule has 1 aliphatic rings. The molecule has 32 heavy (non-hydrogen) atoms. The number of thiazole rings is 1. The summed E-state index contributed by atoms with van der Waals surface area (Å²) in [6, 6.07) is 11.6. The van der Waals surface area contributed by atoms with E-state index in [-0.39, 0.29) is 11.2 Å². The summed E-state index contributed by atoms with van der Waals surface area (Å²) in [6.07, 6.45) is 3.28. The Morgan fingerprint density at radius 2 is 1.97 bits per heavy atom. The number of rotatable bonds is 6. The van der Waals surface area contributed by atoms with Crippen LogP contribution >= 0.6 is 11.3 Å². The minimum absolute atomic E-state index is 0.0166. The third kappa shape index (κ3) is 3.16. The lowest BCUT2D eigenvalue weighted by Gasteiger charge is -2.22. The Morgan fingerprint density at radius 1 is 1.19 bits per heavy atom. The number of fused-ring (bicyclic) bond motifs is 2. The zero-order chi connectivity index (χ0) is 22.2. The van der Waals surface area contributed by atoms with Crippen molar-refractivity contribution in [3.63, 3.8) is 0 Å². The molecule has 1 aliphatic heterocycles. The van der Waals surface area contributed by atoms with Gasteiger partial charge in [0.2, 0.25) is 5.76 Å². The maximum atomic E-state index is 13.5. The van der Waals surface area contributed by atoms with Gasteiger partial charge in [0.05, 0.1) is 24.1 Å². The highest BCUT2D eigenvalue weighted by Crippen LogP contribution is 2.42. The molecule has 160 valence electrons. The maximum Gasteiger partial charge on any atom is 0.297 e. The molecule has 1 amide bonds. The molecule has 0 fully saturated rings. The Balaban J connectivity index is 1.71. The first-order valence-electron chi connectivity index (χ1n) is 9.84. The third-order valence-corrected chi connectivity index (χ3v) is 6.04. The average molecular weight is 446 g/mol. The number of nitrogens with zero attached hydrogens (tertiary/aromatic N) is 2.